The molecule has 0 aliphatic carbocycles. The Balaban J connectivity index is 0.00000208. The highest BCUT2D eigenvalue weighted by Crippen LogP contribution is 2.34. The molecule has 0 radical (unpaired) electrons. The van der Waals surface area contributed by atoms with Crippen molar-refractivity contribution in [2.75, 3.05) is 11.0 Å². The van der Waals surface area contributed by atoms with Gasteiger partial charge in [0.05, 0.1) is 0 Å². The average molecular weight is 365 g/mol. The maximum Gasteiger partial charge on any atom is 0.258 e. The number of fused-ring (bicyclic) bond motifs is 1. The number of aryl methyl sites for hydroxylation is 1. The maximum atomic E-state index is 12.3. The van der Waals surface area contributed by atoms with Crippen molar-refractivity contribution in [2.45, 2.75) is 0 Å². The van der Waals surface area contributed by atoms with Gasteiger partial charge < -0.3 is 14.8 Å². The molecule has 0 saturated carbocycles. The molecular weight excluding hydrogens is 348 g/mol. The predicted molar refractivity (Wildman–Crippen MR) is 101 cm³/mol. The van der Waals surface area contributed by atoms with Crippen LogP contribution in [0.5, 0.6) is 0 Å². The number of nitrogens with one attached hydrogen (secondary N) is 1. The number of hydrogen-bond donors (Lipinski definition) is 1. The Labute approximate surface area is 146 Å². The number of rotatable bonds is 3. The van der Waals surface area contributed by atoms with Crippen LogP contribution in [0.1, 0.15) is 0 Å². The largest absolute Gasteiger partial charge is 0.412 e. The molecule has 0 bridgehead atoms. The number of nitrogens with zero attached hydrogens (tertiary/aromatic N) is 1. The fourth-order valence-corrected chi connectivity index (χ4v) is 3.27. The van der Waals surface area contributed by atoms with E-state index in [2.05, 4.69) is 4.72 Å². The van der Waals surface area contributed by atoms with Gasteiger partial charge in [-0.15, -0.1) is 0 Å². The summed E-state index contributed by atoms with van der Waals surface area (Å²) >= 11 is 6.37. The standard InChI is InChI=1S/C17H15ClN2O2S.H2O/c1-20-10-15(12-5-3-4-6-13(12)17(20)21)14-9-11(19-23(2)22)7-8-16(14)18;/h3-10,19H,1-2H3;1H2. The molecule has 0 spiro atoms. The van der Waals surface area contributed by atoms with E-state index in [1.165, 1.54) is 0 Å². The van der Waals surface area contributed by atoms with Crippen molar-refractivity contribution in [3.63, 3.8) is 0 Å². The van der Waals surface area contributed by atoms with Crippen LogP contribution in [0.2, 0.25) is 5.02 Å². The summed E-state index contributed by atoms with van der Waals surface area (Å²) in [6.07, 6.45) is 3.34. The van der Waals surface area contributed by atoms with Gasteiger partial charge in [0.15, 0.2) is 0 Å². The van der Waals surface area contributed by atoms with Crippen molar-refractivity contribution in [3.05, 3.63) is 64.0 Å². The van der Waals surface area contributed by atoms with Crippen LogP contribution in [0.4, 0.5) is 5.69 Å². The van der Waals surface area contributed by atoms with Crippen molar-refractivity contribution in [2.24, 2.45) is 7.05 Å². The fraction of sp³-hybridized carbons (Fsp3) is 0.118. The van der Waals surface area contributed by atoms with Crippen LogP contribution in [-0.2, 0) is 18.0 Å². The number of benzene rings is 2. The Bertz CT molecular complexity index is 985. The van der Waals surface area contributed by atoms with E-state index in [-0.39, 0.29) is 11.0 Å². The summed E-state index contributed by atoms with van der Waals surface area (Å²) in [6.45, 7) is 0. The minimum Gasteiger partial charge on any atom is -0.412 e. The first-order valence-corrected chi connectivity index (χ1v) is 8.89. The molecule has 1 heterocycles. The van der Waals surface area contributed by atoms with Crippen LogP contribution in [0.15, 0.2) is 53.5 Å². The summed E-state index contributed by atoms with van der Waals surface area (Å²) in [4.78, 5) is 12.3. The number of aromatic nitrogens is 1. The molecule has 24 heavy (non-hydrogen) atoms. The monoisotopic (exact) mass is 364 g/mol. The van der Waals surface area contributed by atoms with Gasteiger partial charge in [0.2, 0.25) is 0 Å². The third kappa shape index (κ3) is 3.36. The van der Waals surface area contributed by atoms with Gasteiger partial charge in [0.1, 0.15) is 11.0 Å². The molecule has 3 aromatic rings. The molecule has 3 N–H and O–H groups in total. The third-order valence-electron chi connectivity index (χ3n) is 3.61. The molecule has 0 aliphatic rings. The van der Waals surface area contributed by atoms with Crippen molar-refractivity contribution in [1.82, 2.24) is 4.57 Å². The van der Waals surface area contributed by atoms with Gasteiger partial charge in [0, 0.05) is 46.7 Å². The maximum absolute atomic E-state index is 12.3. The summed E-state index contributed by atoms with van der Waals surface area (Å²) < 4.78 is 15.8. The Morgan fingerprint density at radius 2 is 1.75 bits per heavy atom. The van der Waals surface area contributed by atoms with E-state index in [4.69, 9.17) is 11.6 Å². The van der Waals surface area contributed by atoms with Crippen LogP contribution >= 0.6 is 11.6 Å². The van der Waals surface area contributed by atoms with E-state index >= 15 is 0 Å². The van der Waals surface area contributed by atoms with E-state index in [1.54, 1.807) is 42.3 Å². The first kappa shape index (κ1) is 18.2. The summed E-state index contributed by atoms with van der Waals surface area (Å²) in [5, 5.41) is 2.05. The fourth-order valence-electron chi connectivity index (χ4n) is 2.59. The highest BCUT2D eigenvalue weighted by Gasteiger charge is 2.12. The molecule has 0 aliphatic heterocycles. The minimum atomic E-state index is -1.17. The SMILES string of the molecule is Cn1cc(-c2cc(NS(C)=O)ccc2Cl)c2ccccc2c1=O.O. The Morgan fingerprint density at radius 3 is 2.42 bits per heavy atom. The molecule has 1 aromatic heterocycles. The number of anilines is 1. The molecule has 0 fully saturated rings. The van der Waals surface area contributed by atoms with Gasteiger partial charge in [-0.25, -0.2) is 4.21 Å². The lowest BCUT2D eigenvalue weighted by Crippen LogP contribution is -2.16. The summed E-state index contributed by atoms with van der Waals surface area (Å²) in [5.41, 5.74) is 2.31. The lowest BCUT2D eigenvalue weighted by atomic mass is 10.00. The molecular formula is C17H17ClN2O3S. The first-order valence-electron chi connectivity index (χ1n) is 6.96. The van der Waals surface area contributed by atoms with Gasteiger partial charge in [-0.1, -0.05) is 29.8 Å². The number of hydrogen-bond acceptors (Lipinski definition) is 2. The highest BCUT2D eigenvalue weighted by atomic mass is 35.5. The van der Waals surface area contributed by atoms with Crippen molar-refractivity contribution in [1.29, 1.82) is 0 Å². The van der Waals surface area contributed by atoms with Crippen LogP contribution in [-0.4, -0.2) is 20.5 Å². The first-order chi connectivity index (χ1) is 11.0. The quantitative estimate of drug-likeness (QED) is 0.775. The van der Waals surface area contributed by atoms with E-state index in [9.17, 15) is 9.00 Å². The van der Waals surface area contributed by atoms with Gasteiger partial charge >= 0.3 is 0 Å². The zero-order chi connectivity index (χ0) is 16.6. The van der Waals surface area contributed by atoms with Gasteiger partial charge in [-0.2, -0.15) is 0 Å². The molecule has 5 nitrogen and oxygen atoms in total. The molecule has 1 atom stereocenters. The topological polar surface area (TPSA) is 82.6 Å². The van der Waals surface area contributed by atoms with Crippen LogP contribution < -0.4 is 10.3 Å². The van der Waals surface area contributed by atoms with Crippen molar-refractivity contribution in [3.8, 4) is 11.1 Å². The van der Waals surface area contributed by atoms with Gasteiger partial charge in [-0.05, 0) is 29.7 Å². The Morgan fingerprint density at radius 1 is 1.08 bits per heavy atom. The van der Waals surface area contributed by atoms with E-state index in [0.29, 0.717) is 16.1 Å². The van der Waals surface area contributed by atoms with Gasteiger partial charge in [0.25, 0.3) is 5.56 Å². The second kappa shape index (κ2) is 7.17. The molecule has 0 amide bonds. The second-order valence-corrected chi connectivity index (χ2v) is 6.77. The lowest BCUT2D eigenvalue weighted by Gasteiger charge is -2.12. The third-order valence-corrected chi connectivity index (χ3v) is 4.46. The normalized spacial score (nSPS) is 11.8. The zero-order valence-electron chi connectivity index (χ0n) is 13.2. The van der Waals surface area contributed by atoms with Crippen LogP contribution in [0, 0.1) is 0 Å². The second-order valence-electron chi connectivity index (χ2n) is 5.26. The Kier molecular flexibility index (Phi) is 5.43. The van der Waals surface area contributed by atoms with E-state index in [1.807, 2.05) is 24.3 Å². The Hall–Kier alpha value is -2.15. The summed E-state index contributed by atoms with van der Waals surface area (Å²) in [5.74, 6) is 0. The molecule has 0 saturated heterocycles. The number of pyridine rings is 1. The van der Waals surface area contributed by atoms with E-state index < -0.39 is 11.0 Å². The smallest absolute Gasteiger partial charge is 0.258 e. The molecule has 2 aromatic carbocycles. The molecule has 3 rings (SSSR count). The molecule has 126 valence electrons. The van der Waals surface area contributed by atoms with E-state index in [0.717, 1.165) is 16.5 Å². The molecule has 1 unspecified atom stereocenters. The lowest BCUT2D eigenvalue weighted by molar-refractivity contribution is 0.690. The van der Waals surface area contributed by atoms with Crippen molar-refractivity contribution >= 4 is 39.0 Å². The van der Waals surface area contributed by atoms with Crippen LogP contribution in [0.3, 0.4) is 0 Å². The predicted octanol–water partition coefficient (Wildman–Crippen LogP) is 2.74. The number of halogens is 1. The van der Waals surface area contributed by atoms with Crippen molar-refractivity contribution < 1.29 is 9.69 Å². The summed E-state index contributed by atoms with van der Waals surface area (Å²) in [7, 11) is 0.546. The molecule has 7 heteroatoms. The zero-order valence-corrected chi connectivity index (χ0v) is 14.7. The average Bonchev–Trinajstić information content (AvgIpc) is 2.52. The van der Waals surface area contributed by atoms with Gasteiger partial charge in [-0.3, -0.25) is 4.79 Å². The highest BCUT2D eigenvalue weighted by molar-refractivity contribution is 7.85. The minimum absolute atomic E-state index is 0. The van der Waals surface area contributed by atoms with Crippen LogP contribution in [0.25, 0.3) is 21.9 Å². The summed E-state index contributed by atoms with van der Waals surface area (Å²) in [6, 6.07) is 12.8.